The number of nitrogens with zero attached hydrogens (tertiary/aromatic N) is 1. The maximum Gasteiger partial charge on any atom is 0.0309 e. The van der Waals surface area contributed by atoms with Gasteiger partial charge < -0.3 is 5.32 Å². The van der Waals surface area contributed by atoms with E-state index in [4.69, 9.17) is 0 Å². The smallest absolute Gasteiger partial charge is 0.0309 e. The number of hydrogen-bond acceptors (Lipinski definition) is 2. The minimum Gasteiger partial charge on any atom is -0.308 e. The summed E-state index contributed by atoms with van der Waals surface area (Å²) in [6.45, 7) is 12.2. The van der Waals surface area contributed by atoms with Gasteiger partial charge in [-0.3, -0.25) is 4.90 Å². The minimum absolute atomic E-state index is 0.392. The van der Waals surface area contributed by atoms with Gasteiger partial charge in [-0.25, -0.2) is 0 Å². The molecule has 2 nitrogen and oxygen atoms in total. The molecule has 19 heavy (non-hydrogen) atoms. The summed E-state index contributed by atoms with van der Waals surface area (Å²) >= 11 is 0. The lowest BCUT2D eigenvalue weighted by Crippen LogP contribution is -2.66. The molecule has 1 saturated heterocycles. The maximum absolute atomic E-state index is 3.90. The largest absolute Gasteiger partial charge is 0.308 e. The van der Waals surface area contributed by atoms with E-state index in [2.05, 4.69) is 37.9 Å². The third-order valence-corrected chi connectivity index (χ3v) is 5.84. The Morgan fingerprint density at radius 1 is 1.16 bits per heavy atom. The Hall–Kier alpha value is -0.0800. The molecular weight excluding hydrogens is 232 g/mol. The Balaban J connectivity index is 1.69. The molecule has 0 radical (unpaired) electrons. The van der Waals surface area contributed by atoms with Gasteiger partial charge in [0.2, 0.25) is 0 Å². The maximum atomic E-state index is 3.90. The van der Waals surface area contributed by atoms with Crippen LogP contribution in [0, 0.1) is 17.8 Å². The van der Waals surface area contributed by atoms with Gasteiger partial charge in [0, 0.05) is 30.7 Å². The fourth-order valence-corrected chi connectivity index (χ4v) is 4.07. The average Bonchev–Trinajstić information content (AvgIpc) is 3.21. The number of hydrogen-bond donors (Lipinski definition) is 1. The molecule has 1 N–H and O–H groups in total. The summed E-state index contributed by atoms with van der Waals surface area (Å²) < 4.78 is 0. The van der Waals surface area contributed by atoms with Crippen LogP contribution in [-0.2, 0) is 0 Å². The lowest BCUT2D eigenvalue weighted by molar-refractivity contribution is 0.0194. The number of piperazine rings is 1. The van der Waals surface area contributed by atoms with E-state index in [9.17, 15) is 0 Å². The molecule has 0 aromatic heterocycles. The molecule has 110 valence electrons. The molecule has 0 spiro atoms. The van der Waals surface area contributed by atoms with E-state index in [0.29, 0.717) is 5.54 Å². The molecule has 3 atom stereocenters. The molecule has 3 aliphatic rings. The van der Waals surface area contributed by atoms with Gasteiger partial charge in [0.1, 0.15) is 0 Å². The van der Waals surface area contributed by atoms with Crippen molar-refractivity contribution in [1.29, 1.82) is 0 Å². The van der Waals surface area contributed by atoms with E-state index in [1.807, 2.05) is 0 Å². The van der Waals surface area contributed by atoms with Crippen LogP contribution < -0.4 is 5.32 Å². The van der Waals surface area contributed by atoms with Gasteiger partial charge in [0.05, 0.1) is 0 Å². The Labute approximate surface area is 119 Å². The van der Waals surface area contributed by atoms with Crippen molar-refractivity contribution in [2.24, 2.45) is 17.8 Å². The highest BCUT2D eigenvalue weighted by atomic mass is 15.3. The van der Waals surface area contributed by atoms with E-state index in [0.717, 1.165) is 29.8 Å². The van der Waals surface area contributed by atoms with Crippen LogP contribution in [0.2, 0.25) is 0 Å². The summed E-state index contributed by atoms with van der Waals surface area (Å²) in [5, 5.41) is 3.90. The van der Waals surface area contributed by atoms with Crippen LogP contribution in [0.25, 0.3) is 0 Å². The second-order valence-electron chi connectivity index (χ2n) is 8.08. The quantitative estimate of drug-likeness (QED) is 0.820. The summed E-state index contributed by atoms with van der Waals surface area (Å²) in [5.41, 5.74) is 0.392. The van der Waals surface area contributed by atoms with Crippen LogP contribution in [0.4, 0.5) is 0 Å². The first-order valence-electron chi connectivity index (χ1n) is 8.50. The molecule has 0 aromatic rings. The van der Waals surface area contributed by atoms with Gasteiger partial charge >= 0.3 is 0 Å². The van der Waals surface area contributed by atoms with Gasteiger partial charge in [0.15, 0.2) is 0 Å². The van der Waals surface area contributed by atoms with Crippen molar-refractivity contribution in [2.75, 3.05) is 13.1 Å². The fourth-order valence-electron chi connectivity index (χ4n) is 4.07. The molecule has 0 bridgehead atoms. The van der Waals surface area contributed by atoms with E-state index in [-0.39, 0.29) is 0 Å². The molecule has 2 heteroatoms. The molecule has 3 unspecified atom stereocenters. The van der Waals surface area contributed by atoms with Crippen LogP contribution in [0.5, 0.6) is 0 Å². The average molecular weight is 264 g/mol. The van der Waals surface area contributed by atoms with Crippen LogP contribution in [0.3, 0.4) is 0 Å². The normalized spacial score (nSPS) is 38.7. The molecule has 0 amide bonds. The van der Waals surface area contributed by atoms with E-state index in [1.165, 1.54) is 45.2 Å². The molecule has 1 aliphatic heterocycles. The highest BCUT2D eigenvalue weighted by Gasteiger charge is 2.47. The summed E-state index contributed by atoms with van der Waals surface area (Å²) in [6, 6.07) is 1.51. The van der Waals surface area contributed by atoms with Gasteiger partial charge in [-0.2, -0.15) is 0 Å². The second-order valence-corrected chi connectivity index (χ2v) is 8.08. The molecule has 2 aliphatic carbocycles. The SMILES string of the molecule is CC(C)C1CNC(C)(C2CC2)CN1C(C)CC1CC1. The van der Waals surface area contributed by atoms with Crippen molar-refractivity contribution >= 4 is 0 Å². The molecule has 3 rings (SSSR count). The third-order valence-electron chi connectivity index (χ3n) is 5.84. The summed E-state index contributed by atoms with van der Waals surface area (Å²) in [6.07, 6.45) is 7.30. The van der Waals surface area contributed by atoms with Crippen molar-refractivity contribution in [3.8, 4) is 0 Å². The second kappa shape index (κ2) is 5.04. The van der Waals surface area contributed by atoms with Crippen molar-refractivity contribution in [3.63, 3.8) is 0 Å². The van der Waals surface area contributed by atoms with Crippen molar-refractivity contribution in [1.82, 2.24) is 10.2 Å². The first kappa shape index (κ1) is 13.9. The van der Waals surface area contributed by atoms with E-state index >= 15 is 0 Å². The van der Waals surface area contributed by atoms with Crippen molar-refractivity contribution in [3.05, 3.63) is 0 Å². The van der Waals surface area contributed by atoms with Crippen LogP contribution in [-0.4, -0.2) is 35.6 Å². The van der Waals surface area contributed by atoms with Crippen molar-refractivity contribution < 1.29 is 0 Å². The first-order chi connectivity index (χ1) is 8.99. The third kappa shape index (κ3) is 3.00. The van der Waals surface area contributed by atoms with Crippen molar-refractivity contribution in [2.45, 2.75) is 77.4 Å². The van der Waals surface area contributed by atoms with E-state index < -0.39 is 0 Å². The van der Waals surface area contributed by atoms with Gasteiger partial charge in [-0.1, -0.05) is 26.7 Å². The van der Waals surface area contributed by atoms with Gasteiger partial charge in [-0.05, 0) is 50.9 Å². The monoisotopic (exact) mass is 264 g/mol. The molecule has 3 fully saturated rings. The summed E-state index contributed by atoms with van der Waals surface area (Å²) in [7, 11) is 0. The molecule has 0 aromatic carbocycles. The minimum atomic E-state index is 0.392. The Bertz CT molecular complexity index is 319. The number of nitrogens with one attached hydrogen (secondary N) is 1. The van der Waals surface area contributed by atoms with Crippen LogP contribution >= 0.6 is 0 Å². The highest BCUT2D eigenvalue weighted by Crippen LogP contribution is 2.43. The Morgan fingerprint density at radius 3 is 2.37 bits per heavy atom. The first-order valence-corrected chi connectivity index (χ1v) is 8.50. The number of rotatable bonds is 5. The standard InChI is InChI=1S/C17H32N2/c1-12(2)16-10-18-17(4,15-7-8-15)11-19(16)13(3)9-14-5-6-14/h12-16,18H,5-11H2,1-4H3. The lowest BCUT2D eigenvalue weighted by atomic mass is 9.86. The van der Waals surface area contributed by atoms with Gasteiger partial charge in [-0.15, -0.1) is 0 Å². The zero-order valence-corrected chi connectivity index (χ0v) is 13.3. The summed E-state index contributed by atoms with van der Waals surface area (Å²) in [5.74, 6) is 2.75. The molecular formula is C17H32N2. The lowest BCUT2D eigenvalue weighted by Gasteiger charge is -2.50. The zero-order valence-electron chi connectivity index (χ0n) is 13.3. The van der Waals surface area contributed by atoms with Crippen LogP contribution in [0.15, 0.2) is 0 Å². The fraction of sp³-hybridized carbons (Fsp3) is 1.00. The summed E-state index contributed by atoms with van der Waals surface area (Å²) in [4.78, 5) is 2.86. The zero-order chi connectivity index (χ0) is 13.6. The van der Waals surface area contributed by atoms with E-state index in [1.54, 1.807) is 0 Å². The van der Waals surface area contributed by atoms with Gasteiger partial charge in [0.25, 0.3) is 0 Å². The van der Waals surface area contributed by atoms with Crippen LogP contribution in [0.1, 0.15) is 59.8 Å². The molecule has 1 heterocycles. The Kier molecular flexibility index (Phi) is 3.68. The predicted octanol–water partition coefficient (Wildman–Crippen LogP) is 3.27. The topological polar surface area (TPSA) is 15.3 Å². The molecule has 2 saturated carbocycles. The highest BCUT2D eigenvalue weighted by molar-refractivity contribution is 5.05. The Morgan fingerprint density at radius 2 is 1.84 bits per heavy atom. The predicted molar refractivity (Wildman–Crippen MR) is 81.3 cm³/mol.